The molecule has 0 radical (unpaired) electrons. The highest BCUT2D eigenvalue weighted by Gasteiger charge is 2.13. The van der Waals surface area contributed by atoms with Gasteiger partial charge in [0.15, 0.2) is 0 Å². The highest BCUT2D eigenvalue weighted by atomic mass is 35.5. The first kappa shape index (κ1) is 14.3. The lowest BCUT2D eigenvalue weighted by atomic mass is 10.3. The minimum atomic E-state index is -0.524. The molecule has 0 N–H and O–H groups in total. The van der Waals surface area contributed by atoms with Crippen LogP contribution in [-0.4, -0.2) is 15.4 Å². The summed E-state index contributed by atoms with van der Waals surface area (Å²) in [6.07, 6.45) is 2.90. The summed E-state index contributed by atoms with van der Waals surface area (Å²) < 4.78 is 11.5. The fourth-order valence-electron chi connectivity index (χ4n) is 2.01. The molecule has 3 aromatic rings. The average molecular weight is 319 g/mol. The van der Waals surface area contributed by atoms with E-state index in [2.05, 4.69) is 4.98 Å². The van der Waals surface area contributed by atoms with Crippen molar-refractivity contribution in [2.45, 2.75) is 13.5 Å². The topological polar surface area (TPSA) is 73.8 Å². The standard InChI is InChI=1S/C15H11ClN2O4/c1-9-12(4-5-21-9)15(20)22-8-11-6-14(19)18-7-10(16)2-3-13(18)17-11/h2-7H,8H2,1H3. The van der Waals surface area contributed by atoms with E-state index in [9.17, 15) is 9.59 Å². The van der Waals surface area contributed by atoms with Gasteiger partial charge in [0, 0.05) is 12.3 Å². The van der Waals surface area contributed by atoms with Gasteiger partial charge in [-0.2, -0.15) is 0 Å². The summed E-state index contributed by atoms with van der Waals surface area (Å²) in [6.45, 7) is 1.57. The number of esters is 1. The van der Waals surface area contributed by atoms with Gasteiger partial charge in [0.1, 0.15) is 23.6 Å². The van der Waals surface area contributed by atoms with Crippen molar-refractivity contribution >= 4 is 23.2 Å². The van der Waals surface area contributed by atoms with Gasteiger partial charge in [0.05, 0.1) is 17.0 Å². The average Bonchev–Trinajstić information content (AvgIpc) is 2.92. The molecule has 3 rings (SSSR count). The summed E-state index contributed by atoms with van der Waals surface area (Å²) in [5, 5.41) is 0.436. The highest BCUT2D eigenvalue weighted by molar-refractivity contribution is 6.30. The maximum absolute atomic E-state index is 12.0. The number of ether oxygens (including phenoxy) is 1. The zero-order valence-electron chi connectivity index (χ0n) is 11.6. The van der Waals surface area contributed by atoms with Crippen LogP contribution in [0.25, 0.3) is 5.65 Å². The van der Waals surface area contributed by atoms with Gasteiger partial charge in [-0.25, -0.2) is 9.78 Å². The van der Waals surface area contributed by atoms with E-state index in [4.69, 9.17) is 20.8 Å². The number of carbonyl (C=O) groups excluding carboxylic acids is 1. The normalized spacial score (nSPS) is 10.8. The van der Waals surface area contributed by atoms with E-state index in [0.29, 0.717) is 27.7 Å². The molecule has 0 aliphatic rings. The summed E-state index contributed by atoms with van der Waals surface area (Å²) in [7, 11) is 0. The van der Waals surface area contributed by atoms with Crippen LogP contribution in [0.3, 0.4) is 0 Å². The molecule has 3 aromatic heterocycles. The number of fused-ring (bicyclic) bond motifs is 1. The maximum atomic E-state index is 12.0. The van der Waals surface area contributed by atoms with Crippen molar-refractivity contribution in [1.29, 1.82) is 0 Å². The molecule has 0 saturated carbocycles. The fourth-order valence-corrected chi connectivity index (χ4v) is 2.17. The number of furan rings is 1. The lowest BCUT2D eigenvalue weighted by molar-refractivity contribution is 0.0465. The van der Waals surface area contributed by atoms with Crippen molar-refractivity contribution < 1.29 is 13.9 Å². The number of carbonyl (C=O) groups is 1. The Balaban J connectivity index is 1.83. The van der Waals surface area contributed by atoms with Crippen LogP contribution < -0.4 is 5.56 Å². The van der Waals surface area contributed by atoms with Gasteiger partial charge >= 0.3 is 5.97 Å². The van der Waals surface area contributed by atoms with Gasteiger partial charge in [0.25, 0.3) is 5.56 Å². The van der Waals surface area contributed by atoms with Crippen molar-refractivity contribution in [2.24, 2.45) is 0 Å². The molecular weight excluding hydrogens is 308 g/mol. The number of aryl methyl sites for hydroxylation is 1. The second-order valence-electron chi connectivity index (χ2n) is 4.63. The molecule has 0 saturated heterocycles. The molecule has 0 unspecified atom stereocenters. The van der Waals surface area contributed by atoms with Crippen LogP contribution in [0.5, 0.6) is 0 Å². The van der Waals surface area contributed by atoms with E-state index >= 15 is 0 Å². The highest BCUT2D eigenvalue weighted by Crippen LogP contribution is 2.12. The minimum absolute atomic E-state index is 0.0994. The molecule has 0 amide bonds. The molecule has 0 atom stereocenters. The van der Waals surface area contributed by atoms with Crippen LogP contribution >= 0.6 is 11.6 Å². The zero-order chi connectivity index (χ0) is 15.7. The van der Waals surface area contributed by atoms with Crippen molar-refractivity contribution in [3.05, 3.63) is 69.1 Å². The predicted octanol–water partition coefficient (Wildman–Crippen LogP) is 2.61. The fraction of sp³-hybridized carbons (Fsp3) is 0.133. The van der Waals surface area contributed by atoms with Crippen LogP contribution in [0, 0.1) is 6.92 Å². The van der Waals surface area contributed by atoms with Crippen molar-refractivity contribution in [2.75, 3.05) is 0 Å². The van der Waals surface area contributed by atoms with E-state index in [1.165, 1.54) is 29.0 Å². The summed E-state index contributed by atoms with van der Waals surface area (Å²) >= 11 is 5.84. The van der Waals surface area contributed by atoms with Crippen LogP contribution in [-0.2, 0) is 11.3 Å². The molecule has 0 bridgehead atoms. The molecule has 0 aliphatic carbocycles. The van der Waals surface area contributed by atoms with Crippen LogP contribution in [0.1, 0.15) is 21.8 Å². The minimum Gasteiger partial charge on any atom is -0.469 e. The summed E-state index contributed by atoms with van der Waals surface area (Å²) in [5.41, 5.74) is 0.853. The molecule has 0 aliphatic heterocycles. The smallest absolute Gasteiger partial charge is 0.342 e. The molecule has 112 valence electrons. The Morgan fingerprint density at radius 2 is 2.23 bits per heavy atom. The first-order chi connectivity index (χ1) is 10.5. The van der Waals surface area contributed by atoms with E-state index in [1.54, 1.807) is 19.1 Å². The second-order valence-corrected chi connectivity index (χ2v) is 5.06. The summed E-state index contributed by atoms with van der Waals surface area (Å²) in [5.74, 6) is -0.0458. The Hall–Kier alpha value is -2.60. The second kappa shape index (κ2) is 5.65. The largest absolute Gasteiger partial charge is 0.469 e. The van der Waals surface area contributed by atoms with E-state index in [-0.39, 0.29) is 12.2 Å². The number of nitrogens with zero attached hydrogens (tertiary/aromatic N) is 2. The monoisotopic (exact) mass is 318 g/mol. The third-order valence-electron chi connectivity index (χ3n) is 3.11. The van der Waals surface area contributed by atoms with E-state index < -0.39 is 5.97 Å². The van der Waals surface area contributed by atoms with Crippen molar-refractivity contribution in [1.82, 2.24) is 9.38 Å². The number of hydrogen-bond donors (Lipinski definition) is 0. The van der Waals surface area contributed by atoms with Gasteiger partial charge in [-0.05, 0) is 25.1 Å². The van der Waals surface area contributed by atoms with Gasteiger partial charge in [-0.15, -0.1) is 0 Å². The number of aromatic nitrogens is 2. The third kappa shape index (κ3) is 2.73. The number of pyridine rings is 1. The number of rotatable bonds is 3. The maximum Gasteiger partial charge on any atom is 0.342 e. The Bertz CT molecular complexity index is 913. The molecule has 0 spiro atoms. The predicted molar refractivity (Wildman–Crippen MR) is 79.0 cm³/mol. The van der Waals surface area contributed by atoms with Gasteiger partial charge in [-0.1, -0.05) is 11.6 Å². The molecular formula is C15H11ClN2O4. The summed E-state index contributed by atoms with van der Waals surface area (Å²) in [4.78, 5) is 28.1. The number of hydrogen-bond acceptors (Lipinski definition) is 5. The molecule has 6 nitrogen and oxygen atoms in total. The lowest BCUT2D eigenvalue weighted by Gasteiger charge is -2.06. The van der Waals surface area contributed by atoms with E-state index in [1.807, 2.05) is 0 Å². The zero-order valence-corrected chi connectivity index (χ0v) is 12.3. The van der Waals surface area contributed by atoms with Crippen LogP contribution in [0.2, 0.25) is 5.02 Å². The van der Waals surface area contributed by atoms with Crippen LogP contribution in [0.4, 0.5) is 0 Å². The van der Waals surface area contributed by atoms with E-state index in [0.717, 1.165) is 0 Å². The molecule has 0 aromatic carbocycles. The molecule has 3 heterocycles. The molecule has 22 heavy (non-hydrogen) atoms. The van der Waals surface area contributed by atoms with Gasteiger partial charge < -0.3 is 9.15 Å². The van der Waals surface area contributed by atoms with Crippen molar-refractivity contribution in [3.8, 4) is 0 Å². The van der Waals surface area contributed by atoms with Crippen LogP contribution in [0.15, 0.2) is 45.9 Å². The van der Waals surface area contributed by atoms with Gasteiger partial charge in [-0.3, -0.25) is 9.20 Å². The lowest BCUT2D eigenvalue weighted by Crippen LogP contribution is -2.16. The third-order valence-corrected chi connectivity index (χ3v) is 3.33. The SMILES string of the molecule is Cc1occc1C(=O)OCc1cc(=O)n2cc(Cl)ccc2n1. The Labute approximate surface area is 129 Å². The quantitative estimate of drug-likeness (QED) is 0.694. The first-order valence-corrected chi connectivity index (χ1v) is 6.81. The molecule has 0 fully saturated rings. The first-order valence-electron chi connectivity index (χ1n) is 6.43. The Kier molecular flexibility index (Phi) is 3.68. The van der Waals surface area contributed by atoms with Crippen molar-refractivity contribution in [3.63, 3.8) is 0 Å². The number of halogens is 1. The van der Waals surface area contributed by atoms with Gasteiger partial charge in [0.2, 0.25) is 0 Å². The molecule has 7 heteroatoms. The summed E-state index contributed by atoms with van der Waals surface area (Å²) in [6, 6.07) is 6.09. The Morgan fingerprint density at radius 3 is 2.95 bits per heavy atom. The Morgan fingerprint density at radius 1 is 1.41 bits per heavy atom.